The first-order valence-corrected chi connectivity index (χ1v) is 7.31. The minimum Gasteiger partial charge on any atom is -0.390 e. The van der Waals surface area contributed by atoms with Gasteiger partial charge in [-0.2, -0.15) is 0 Å². The Hall–Kier alpha value is -2.17. The molecule has 0 radical (unpaired) electrons. The number of hydrogen-bond donors (Lipinski definition) is 0. The fourth-order valence-corrected chi connectivity index (χ4v) is 2.46. The maximum Gasteiger partial charge on any atom is 0.226 e. The van der Waals surface area contributed by atoms with Gasteiger partial charge >= 0.3 is 0 Å². The third kappa shape index (κ3) is 3.29. The van der Waals surface area contributed by atoms with Gasteiger partial charge in [0, 0.05) is 25.1 Å². The first kappa shape index (κ1) is 13.8. The van der Waals surface area contributed by atoms with Crippen LogP contribution in [0.3, 0.4) is 0 Å². The second kappa shape index (κ2) is 6.08. The summed E-state index contributed by atoms with van der Waals surface area (Å²) in [5, 5.41) is 4.11. The van der Waals surface area contributed by atoms with Gasteiger partial charge in [-0.05, 0) is 25.0 Å². The Balaban J connectivity index is 1.59. The number of nitrogens with zero attached hydrogens (tertiary/aromatic N) is 3. The number of rotatable bonds is 6. The van der Waals surface area contributed by atoms with Crippen LogP contribution in [0.2, 0.25) is 0 Å². The molecule has 21 heavy (non-hydrogen) atoms. The zero-order valence-electron chi connectivity index (χ0n) is 11.9. The lowest BCUT2D eigenvalue weighted by Crippen LogP contribution is -2.38. The molecule has 2 aliphatic rings. The Morgan fingerprint density at radius 1 is 1.48 bits per heavy atom. The van der Waals surface area contributed by atoms with Crippen LogP contribution in [0, 0.1) is 5.92 Å². The molecule has 1 aliphatic heterocycles. The summed E-state index contributed by atoms with van der Waals surface area (Å²) in [6, 6.07) is 5.72. The van der Waals surface area contributed by atoms with Crippen molar-refractivity contribution in [3.8, 4) is 0 Å². The van der Waals surface area contributed by atoms with Crippen molar-refractivity contribution in [1.29, 1.82) is 0 Å². The predicted octanol–water partition coefficient (Wildman–Crippen LogP) is 2.00. The van der Waals surface area contributed by atoms with Crippen molar-refractivity contribution in [3.63, 3.8) is 0 Å². The van der Waals surface area contributed by atoms with E-state index in [1.165, 1.54) is 0 Å². The van der Waals surface area contributed by atoms with E-state index in [0.29, 0.717) is 19.5 Å². The largest absolute Gasteiger partial charge is 0.390 e. The van der Waals surface area contributed by atoms with Crippen molar-refractivity contribution in [2.24, 2.45) is 11.1 Å². The number of amides is 1. The van der Waals surface area contributed by atoms with E-state index in [0.717, 1.165) is 24.2 Å². The van der Waals surface area contributed by atoms with E-state index in [9.17, 15) is 4.79 Å². The van der Waals surface area contributed by atoms with Crippen molar-refractivity contribution in [3.05, 3.63) is 42.7 Å². The zero-order valence-corrected chi connectivity index (χ0v) is 11.9. The molecule has 0 saturated heterocycles. The number of carbonyl (C=O) groups excluding carboxylic acids is 1. The summed E-state index contributed by atoms with van der Waals surface area (Å²) in [5.74, 6) is 0.423. The SMILES string of the molecule is C=CCN(CC1CC(c2ccccn2)=NO1)C(=O)C1CC1. The molecule has 0 spiro atoms. The van der Waals surface area contributed by atoms with Crippen LogP contribution in [0.15, 0.2) is 42.2 Å². The molecule has 110 valence electrons. The molecule has 5 heteroatoms. The van der Waals surface area contributed by atoms with Gasteiger partial charge in [-0.25, -0.2) is 0 Å². The predicted molar refractivity (Wildman–Crippen MR) is 79.8 cm³/mol. The summed E-state index contributed by atoms with van der Waals surface area (Å²) in [4.78, 5) is 23.8. The van der Waals surface area contributed by atoms with Crippen LogP contribution < -0.4 is 0 Å². The smallest absolute Gasteiger partial charge is 0.226 e. The molecule has 0 bridgehead atoms. The topological polar surface area (TPSA) is 54.8 Å². The molecule has 1 aromatic rings. The zero-order chi connectivity index (χ0) is 14.7. The molecule has 1 unspecified atom stereocenters. The number of pyridine rings is 1. The lowest BCUT2D eigenvalue weighted by atomic mass is 10.1. The van der Waals surface area contributed by atoms with Gasteiger partial charge in [-0.1, -0.05) is 17.3 Å². The first-order chi connectivity index (χ1) is 10.3. The minimum absolute atomic E-state index is 0.0929. The third-order valence-electron chi connectivity index (χ3n) is 3.71. The quantitative estimate of drug-likeness (QED) is 0.751. The number of hydrogen-bond acceptors (Lipinski definition) is 4. The Bertz CT molecular complexity index is 552. The van der Waals surface area contributed by atoms with Gasteiger partial charge < -0.3 is 9.74 Å². The third-order valence-corrected chi connectivity index (χ3v) is 3.71. The first-order valence-electron chi connectivity index (χ1n) is 7.31. The van der Waals surface area contributed by atoms with E-state index in [1.807, 2.05) is 23.1 Å². The van der Waals surface area contributed by atoms with Crippen LogP contribution >= 0.6 is 0 Å². The highest BCUT2D eigenvalue weighted by Gasteiger charge is 2.35. The average Bonchev–Trinajstić information content (AvgIpc) is 3.26. The van der Waals surface area contributed by atoms with Gasteiger partial charge in [0.25, 0.3) is 0 Å². The Morgan fingerprint density at radius 3 is 3.00 bits per heavy atom. The van der Waals surface area contributed by atoms with Gasteiger partial charge in [-0.3, -0.25) is 9.78 Å². The molecule has 1 amide bonds. The van der Waals surface area contributed by atoms with E-state index < -0.39 is 0 Å². The number of carbonyl (C=O) groups is 1. The van der Waals surface area contributed by atoms with Crippen LogP contribution in [-0.4, -0.2) is 40.7 Å². The molecular weight excluding hydrogens is 266 g/mol. The fourth-order valence-electron chi connectivity index (χ4n) is 2.46. The molecule has 1 aromatic heterocycles. The molecule has 0 aromatic carbocycles. The second-order valence-electron chi connectivity index (χ2n) is 5.49. The average molecular weight is 285 g/mol. The number of oxime groups is 1. The van der Waals surface area contributed by atoms with Crippen LogP contribution in [0.25, 0.3) is 0 Å². The summed E-state index contributed by atoms with van der Waals surface area (Å²) in [7, 11) is 0. The lowest BCUT2D eigenvalue weighted by Gasteiger charge is -2.23. The van der Waals surface area contributed by atoms with Crippen LogP contribution in [0.4, 0.5) is 0 Å². The van der Waals surface area contributed by atoms with Crippen molar-refractivity contribution in [2.75, 3.05) is 13.1 Å². The van der Waals surface area contributed by atoms with Crippen molar-refractivity contribution in [2.45, 2.75) is 25.4 Å². The summed E-state index contributed by atoms with van der Waals surface area (Å²) >= 11 is 0. The Labute approximate surface area is 124 Å². The van der Waals surface area contributed by atoms with Crippen LogP contribution in [0.5, 0.6) is 0 Å². The highest BCUT2D eigenvalue weighted by molar-refractivity contribution is 5.99. The Morgan fingerprint density at radius 2 is 2.33 bits per heavy atom. The monoisotopic (exact) mass is 285 g/mol. The maximum atomic E-state index is 12.2. The minimum atomic E-state index is -0.0929. The van der Waals surface area contributed by atoms with Crippen molar-refractivity contribution in [1.82, 2.24) is 9.88 Å². The fraction of sp³-hybridized carbons (Fsp3) is 0.438. The summed E-state index contributed by atoms with van der Waals surface area (Å²) in [5.41, 5.74) is 1.68. The summed E-state index contributed by atoms with van der Waals surface area (Å²) < 4.78 is 0. The highest BCUT2D eigenvalue weighted by atomic mass is 16.6. The number of aromatic nitrogens is 1. The van der Waals surface area contributed by atoms with Gasteiger partial charge in [0.1, 0.15) is 5.71 Å². The van der Waals surface area contributed by atoms with Gasteiger partial charge in [0.2, 0.25) is 5.91 Å². The molecule has 1 fully saturated rings. The van der Waals surface area contributed by atoms with Gasteiger partial charge in [-0.15, -0.1) is 6.58 Å². The van der Waals surface area contributed by atoms with Crippen molar-refractivity contribution >= 4 is 11.6 Å². The maximum absolute atomic E-state index is 12.2. The highest BCUT2D eigenvalue weighted by Crippen LogP contribution is 2.31. The van der Waals surface area contributed by atoms with E-state index in [4.69, 9.17) is 4.84 Å². The van der Waals surface area contributed by atoms with E-state index >= 15 is 0 Å². The molecule has 2 heterocycles. The van der Waals surface area contributed by atoms with E-state index in [1.54, 1.807) is 12.3 Å². The lowest BCUT2D eigenvalue weighted by molar-refractivity contribution is -0.133. The molecular formula is C16H19N3O2. The molecule has 0 N–H and O–H groups in total. The van der Waals surface area contributed by atoms with Gasteiger partial charge in [0.05, 0.1) is 12.2 Å². The molecule has 1 aliphatic carbocycles. The van der Waals surface area contributed by atoms with Crippen LogP contribution in [0.1, 0.15) is 25.0 Å². The van der Waals surface area contributed by atoms with Crippen LogP contribution in [-0.2, 0) is 9.63 Å². The molecule has 1 saturated carbocycles. The Kier molecular flexibility index (Phi) is 3.99. The molecule has 5 nitrogen and oxygen atoms in total. The van der Waals surface area contributed by atoms with E-state index in [2.05, 4.69) is 16.7 Å². The van der Waals surface area contributed by atoms with E-state index in [-0.39, 0.29) is 17.9 Å². The molecule has 3 rings (SSSR count). The summed E-state index contributed by atoms with van der Waals surface area (Å²) in [6.07, 6.45) is 6.11. The van der Waals surface area contributed by atoms with Gasteiger partial charge in [0.15, 0.2) is 6.10 Å². The normalized spacial score (nSPS) is 20.6. The summed E-state index contributed by atoms with van der Waals surface area (Å²) in [6.45, 7) is 4.85. The van der Waals surface area contributed by atoms with Crippen molar-refractivity contribution < 1.29 is 9.63 Å². The molecule has 1 atom stereocenters. The standard InChI is InChI=1S/C16H19N3O2/c1-2-9-19(16(20)12-6-7-12)11-13-10-15(18-21-13)14-5-3-4-8-17-14/h2-5,8,12-13H,1,6-7,9-11H2. The second-order valence-corrected chi connectivity index (χ2v) is 5.49.